The van der Waals surface area contributed by atoms with Crippen LogP contribution in [0.5, 0.6) is 11.5 Å². The largest absolute Gasteiger partial charge is 0.506 e. The number of para-hydroxylation sites is 4. The molecule has 0 spiro atoms. The zero-order valence-electron chi connectivity index (χ0n) is 22.4. The second-order valence-corrected chi connectivity index (χ2v) is 12.5. The molecule has 4 aromatic carbocycles. The minimum absolute atomic E-state index is 0.000948. The summed E-state index contributed by atoms with van der Waals surface area (Å²) in [5, 5.41) is 23.6. The van der Waals surface area contributed by atoms with Crippen molar-refractivity contribution in [2.45, 2.75) is 9.79 Å². The highest BCUT2D eigenvalue weighted by Crippen LogP contribution is 2.44. The predicted octanol–water partition coefficient (Wildman–Crippen LogP) is 6.09. The predicted molar refractivity (Wildman–Crippen MR) is 163 cm³/mol. The molecule has 5 N–H and O–H groups in total. The Morgan fingerprint density at radius 1 is 0.659 bits per heavy atom. The van der Waals surface area contributed by atoms with Gasteiger partial charge in [0.2, 0.25) is 0 Å². The summed E-state index contributed by atoms with van der Waals surface area (Å²) >= 11 is 0. The lowest BCUT2D eigenvalue weighted by atomic mass is 9.93. The number of nitrogens with one attached hydrogen (secondary N) is 1. The quantitative estimate of drug-likeness (QED) is 0.0819. The Labute approximate surface area is 250 Å². The summed E-state index contributed by atoms with van der Waals surface area (Å²) in [7, 11) is -9.66. The lowest BCUT2D eigenvalue weighted by Crippen LogP contribution is -2.16. The van der Waals surface area contributed by atoms with Crippen LogP contribution in [0, 0.1) is 0 Å². The maximum absolute atomic E-state index is 12.6. The van der Waals surface area contributed by atoms with E-state index in [9.17, 15) is 36.2 Å². The van der Waals surface area contributed by atoms with Crippen LogP contribution in [0.3, 0.4) is 0 Å². The van der Waals surface area contributed by atoms with Gasteiger partial charge in [0.25, 0.3) is 20.2 Å². The molecule has 0 unspecified atom stereocenters. The zero-order valence-corrected chi connectivity index (χ0v) is 24.0. The van der Waals surface area contributed by atoms with Crippen molar-refractivity contribution in [3.63, 3.8) is 0 Å². The molecule has 13 heteroatoms. The summed E-state index contributed by atoms with van der Waals surface area (Å²) in [4.78, 5) is 3.18. The third-order valence-corrected chi connectivity index (χ3v) is 8.61. The second kappa shape index (κ2) is 10.8. The molecular weight excluding hydrogens is 608 g/mol. The van der Waals surface area contributed by atoms with Crippen LogP contribution in [0.15, 0.2) is 122 Å². The van der Waals surface area contributed by atoms with E-state index in [1.807, 2.05) is 0 Å². The second-order valence-electron chi connectivity index (χ2n) is 9.69. The van der Waals surface area contributed by atoms with Crippen molar-refractivity contribution in [1.29, 1.82) is 0 Å². The minimum atomic E-state index is -4.91. The van der Waals surface area contributed by atoms with E-state index in [0.717, 1.165) is 6.07 Å². The van der Waals surface area contributed by atoms with Crippen LogP contribution in [0.1, 0.15) is 0 Å². The Hall–Kier alpha value is -5.21. The molecule has 0 bridgehead atoms. The molecule has 222 valence electrons. The number of phenols is 2. The van der Waals surface area contributed by atoms with Gasteiger partial charge in [-0.25, -0.2) is 4.99 Å². The highest BCUT2D eigenvalue weighted by atomic mass is 32.2. The number of anilines is 2. The molecule has 1 aliphatic carbocycles. The first-order valence-corrected chi connectivity index (χ1v) is 15.7. The van der Waals surface area contributed by atoms with Crippen LogP contribution in [-0.4, -0.2) is 36.2 Å². The van der Waals surface area contributed by atoms with Crippen molar-refractivity contribution in [2.75, 3.05) is 5.32 Å². The Morgan fingerprint density at radius 2 is 1.32 bits per heavy atom. The first kappa shape index (κ1) is 28.9. The van der Waals surface area contributed by atoms with Gasteiger partial charge < -0.3 is 19.9 Å². The smallest absolute Gasteiger partial charge is 0.296 e. The molecule has 0 saturated heterocycles. The van der Waals surface area contributed by atoms with Crippen LogP contribution < -0.4 is 10.7 Å². The van der Waals surface area contributed by atoms with E-state index >= 15 is 0 Å². The van der Waals surface area contributed by atoms with Gasteiger partial charge in [-0.3, -0.25) is 9.11 Å². The number of hydrogen-bond donors (Lipinski definition) is 5. The van der Waals surface area contributed by atoms with E-state index in [-0.39, 0.29) is 50.6 Å². The van der Waals surface area contributed by atoms with E-state index in [2.05, 4.69) is 10.3 Å². The van der Waals surface area contributed by atoms with Gasteiger partial charge in [0.15, 0.2) is 0 Å². The molecule has 1 heterocycles. The molecule has 6 rings (SSSR count). The summed E-state index contributed by atoms with van der Waals surface area (Å²) in [6.45, 7) is 0. The SMILES string of the molecule is O=S(=O)(O)c1ccccc1-c1c2cc(S(=O)(=O)O)c(=Nc3ccccc3O)cc-2oc2cc(Nc3ccccc3O)ccc12. The third-order valence-electron chi connectivity index (χ3n) is 6.82. The number of rotatable bonds is 6. The molecule has 1 aliphatic heterocycles. The summed E-state index contributed by atoms with van der Waals surface area (Å²) < 4.78 is 76.5. The number of benzene rings is 5. The molecular formula is C31H22N2O9S2. The molecule has 0 fully saturated rings. The number of nitrogens with zero attached hydrogens (tertiary/aromatic N) is 1. The molecule has 44 heavy (non-hydrogen) atoms. The van der Waals surface area contributed by atoms with Crippen molar-refractivity contribution in [2.24, 2.45) is 4.99 Å². The topological polar surface area (TPSA) is 187 Å². The highest BCUT2D eigenvalue weighted by molar-refractivity contribution is 7.86. The van der Waals surface area contributed by atoms with Crippen LogP contribution in [0.4, 0.5) is 17.1 Å². The van der Waals surface area contributed by atoms with Gasteiger partial charge in [-0.1, -0.05) is 42.5 Å². The van der Waals surface area contributed by atoms with Gasteiger partial charge in [0, 0.05) is 39.9 Å². The van der Waals surface area contributed by atoms with Crippen molar-refractivity contribution in [3.8, 4) is 33.9 Å². The average molecular weight is 631 g/mol. The lowest BCUT2D eigenvalue weighted by Gasteiger charge is -2.19. The molecule has 0 amide bonds. The van der Waals surface area contributed by atoms with Gasteiger partial charge in [0.1, 0.15) is 38.3 Å². The number of aromatic hydroxyl groups is 2. The van der Waals surface area contributed by atoms with Gasteiger partial charge >= 0.3 is 0 Å². The van der Waals surface area contributed by atoms with Crippen molar-refractivity contribution < 1.29 is 40.6 Å². The number of fused-ring (bicyclic) bond motifs is 2. The van der Waals surface area contributed by atoms with Crippen LogP contribution in [0.2, 0.25) is 0 Å². The molecule has 0 atom stereocenters. The molecule has 0 aromatic heterocycles. The van der Waals surface area contributed by atoms with E-state index in [4.69, 9.17) is 4.42 Å². The molecule has 2 aliphatic rings. The summed E-state index contributed by atoms with van der Waals surface area (Å²) in [5.74, 6) is -0.204. The maximum atomic E-state index is 12.6. The van der Waals surface area contributed by atoms with Crippen LogP contribution in [-0.2, 0) is 20.2 Å². The van der Waals surface area contributed by atoms with Gasteiger partial charge in [-0.05, 0) is 48.5 Å². The number of hydrogen-bond acceptors (Lipinski definition) is 9. The Balaban J connectivity index is 1.73. The highest BCUT2D eigenvalue weighted by Gasteiger charge is 2.26. The van der Waals surface area contributed by atoms with Crippen molar-refractivity contribution >= 4 is 48.3 Å². The molecule has 0 saturated carbocycles. The fraction of sp³-hybridized carbons (Fsp3) is 0. The molecule has 4 aromatic rings. The van der Waals surface area contributed by atoms with Gasteiger partial charge in [-0.15, -0.1) is 0 Å². The van der Waals surface area contributed by atoms with Crippen LogP contribution >= 0.6 is 0 Å². The Bertz CT molecular complexity index is 2350. The van der Waals surface area contributed by atoms with E-state index < -0.39 is 30.0 Å². The van der Waals surface area contributed by atoms with Gasteiger partial charge in [-0.2, -0.15) is 16.8 Å². The summed E-state index contributed by atoms with van der Waals surface area (Å²) in [6.07, 6.45) is 0. The molecule has 0 radical (unpaired) electrons. The average Bonchev–Trinajstić information content (AvgIpc) is 2.97. The fourth-order valence-electron chi connectivity index (χ4n) is 4.89. The summed E-state index contributed by atoms with van der Waals surface area (Å²) in [5.41, 5.74) is 1.43. The Morgan fingerprint density at radius 3 is 2.02 bits per heavy atom. The lowest BCUT2D eigenvalue weighted by molar-refractivity contribution is 0.475. The van der Waals surface area contributed by atoms with E-state index in [0.29, 0.717) is 16.8 Å². The van der Waals surface area contributed by atoms with Crippen molar-refractivity contribution in [3.05, 3.63) is 108 Å². The molecule has 11 nitrogen and oxygen atoms in total. The number of phenolic OH excluding ortho intramolecular Hbond substituents is 2. The normalized spacial score (nSPS) is 12.5. The van der Waals surface area contributed by atoms with Crippen molar-refractivity contribution in [1.82, 2.24) is 0 Å². The first-order chi connectivity index (χ1) is 20.9. The fourth-order valence-corrected chi connectivity index (χ4v) is 6.22. The maximum Gasteiger partial charge on any atom is 0.296 e. The first-order valence-electron chi connectivity index (χ1n) is 12.9. The monoisotopic (exact) mass is 630 g/mol. The minimum Gasteiger partial charge on any atom is -0.506 e. The Kier molecular flexibility index (Phi) is 7.10. The standard InChI is InChI=1S/C31H22N2O9S2/c34-25-10-4-2-8-22(25)32-18-13-14-19-27(15-18)42-28-17-24(33-23-9-3-5-11-26(23)35)30(44(39,40)41)16-21(28)31(19)20-7-1-6-12-29(20)43(36,37)38/h1-17,32,34-35H,(H,36,37,38)(H,39,40,41). The third kappa shape index (κ3) is 5.47. The van der Waals surface area contributed by atoms with E-state index in [1.54, 1.807) is 54.6 Å². The van der Waals surface area contributed by atoms with Crippen LogP contribution in [0.25, 0.3) is 33.4 Å². The summed E-state index contributed by atoms with van der Waals surface area (Å²) in [6, 6.07) is 25.3. The van der Waals surface area contributed by atoms with Gasteiger partial charge in [0.05, 0.1) is 11.0 Å². The van der Waals surface area contributed by atoms with E-state index in [1.165, 1.54) is 42.5 Å². The zero-order chi connectivity index (χ0) is 31.2.